The molecule has 2 saturated carbocycles. The summed E-state index contributed by atoms with van der Waals surface area (Å²) in [5, 5.41) is 10.2. The van der Waals surface area contributed by atoms with Crippen molar-refractivity contribution >= 4 is 29.6 Å². The Bertz CT molecular complexity index is 1610. The molecule has 4 atom stereocenters. The molecular formula is C39H54N6O7. The minimum Gasteiger partial charge on any atom is -0.469 e. The summed E-state index contributed by atoms with van der Waals surface area (Å²) in [5.74, 6) is -1.72. The van der Waals surface area contributed by atoms with E-state index in [2.05, 4.69) is 29.6 Å². The predicted octanol–water partition coefficient (Wildman–Crippen LogP) is 3.03. The highest BCUT2D eigenvalue weighted by Crippen LogP contribution is 2.54. The van der Waals surface area contributed by atoms with E-state index in [-0.39, 0.29) is 48.6 Å². The Kier molecular flexibility index (Phi) is 11.4. The van der Waals surface area contributed by atoms with Crippen LogP contribution in [0.5, 0.6) is 0 Å². The fourth-order valence-corrected chi connectivity index (χ4v) is 8.19. The van der Waals surface area contributed by atoms with E-state index in [1.807, 2.05) is 35.2 Å². The lowest BCUT2D eigenvalue weighted by Gasteiger charge is -2.50. The quantitative estimate of drug-likeness (QED) is 0.283. The normalized spacial score (nSPS) is 23.0. The number of amides is 4. The van der Waals surface area contributed by atoms with Crippen molar-refractivity contribution in [3.63, 3.8) is 0 Å². The molecule has 0 bridgehead atoms. The molecule has 2 aliphatic heterocycles. The lowest BCUT2D eigenvalue weighted by Crippen LogP contribution is -2.65. The highest BCUT2D eigenvalue weighted by molar-refractivity contribution is 5.96. The first kappa shape index (κ1) is 37.5. The predicted molar refractivity (Wildman–Crippen MR) is 192 cm³/mol. The Hall–Kier alpha value is -4.26. The largest absolute Gasteiger partial charge is 0.469 e. The number of ether oxygens (including phenoxy) is 2. The van der Waals surface area contributed by atoms with Gasteiger partial charge in [-0.25, -0.2) is 0 Å². The van der Waals surface area contributed by atoms with E-state index in [4.69, 9.17) is 9.47 Å². The van der Waals surface area contributed by atoms with Crippen molar-refractivity contribution in [3.05, 3.63) is 53.9 Å². The summed E-state index contributed by atoms with van der Waals surface area (Å²) in [6, 6.07) is 8.82. The Balaban J connectivity index is 1.18. The van der Waals surface area contributed by atoms with Crippen LogP contribution < -0.4 is 10.6 Å². The third-order valence-electron chi connectivity index (χ3n) is 11.7. The van der Waals surface area contributed by atoms with Gasteiger partial charge in [0.05, 0.1) is 43.9 Å². The SMILES string of the molecule is COC(=O)CCNC(=O)[C@@H](NC(=O)[C@@H]1CN(C(=O)c2cnn(Cc3ccccc3)c2)CC12CN(C(=O)[C@H]1CC1(C)C)C2)[C@@H](C)OCC1CCCCC1. The van der Waals surface area contributed by atoms with Crippen LogP contribution in [0.1, 0.15) is 81.6 Å². The number of esters is 1. The lowest BCUT2D eigenvalue weighted by molar-refractivity contribution is -0.152. The van der Waals surface area contributed by atoms with Crippen molar-refractivity contribution < 1.29 is 33.4 Å². The third kappa shape index (κ3) is 8.51. The number of nitrogens with zero attached hydrogens (tertiary/aromatic N) is 4. The molecule has 0 unspecified atom stereocenters. The van der Waals surface area contributed by atoms with Crippen LogP contribution in [0.25, 0.3) is 0 Å². The van der Waals surface area contributed by atoms with Gasteiger partial charge in [-0.15, -0.1) is 0 Å². The fraction of sp³-hybridized carbons (Fsp3) is 0.641. The summed E-state index contributed by atoms with van der Waals surface area (Å²) in [6.07, 6.45) is 9.12. The summed E-state index contributed by atoms with van der Waals surface area (Å²) < 4.78 is 12.7. The van der Waals surface area contributed by atoms with Crippen LogP contribution in [0.15, 0.2) is 42.7 Å². The van der Waals surface area contributed by atoms with Crippen molar-refractivity contribution in [1.29, 1.82) is 0 Å². The van der Waals surface area contributed by atoms with Gasteiger partial charge >= 0.3 is 5.97 Å². The summed E-state index contributed by atoms with van der Waals surface area (Å²) >= 11 is 0. The highest BCUT2D eigenvalue weighted by Gasteiger charge is 2.62. The maximum atomic E-state index is 14.4. The van der Waals surface area contributed by atoms with Crippen LogP contribution in [-0.4, -0.2) is 108 Å². The second-order valence-corrected chi connectivity index (χ2v) is 16.1. The molecule has 3 heterocycles. The third-order valence-corrected chi connectivity index (χ3v) is 11.7. The van der Waals surface area contributed by atoms with Gasteiger partial charge in [0, 0.05) is 56.9 Å². The average molecular weight is 719 g/mol. The molecule has 1 aromatic heterocycles. The topological polar surface area (TPSA) is 152 Å². The molecule has 6 rings (SSSR count). The Morgan fingerprint density at radius 1 is 0.981 bits per heavy atom. The smallest absolute Gasteiger partial charge is 0.307 e. The maximum absolute atomic E-state index is 14.4. The number of benzene rings is 1. The fourth-order valence-electron chi connectivity index (χ4n) is 8.19. The molecule has 1 aromatic carbocycles. The maximum Gasteiger partial charge on any atom is 0.307 e. The monoisotopic (exact) mass is 718 g/mol. The van der Waals surface area contributed by atoms with Crippen LogP contribution >= 0.6 is 0 Å². The number of carbonyl (C=O) groups is 5. The van der Waals surface area contributed by atoms with Crippen molar-refractivity contribution in [2.75, 3.05) is 46.4 Å². The van der Waals surface area contributed by atoms with E-state index >= 15 is 0 Å². The zero-order valence-electron chi connectivity index (χ0n) is 31.0. The average Bonchev–Trinajstić information content (AvgIpc) is 3.42. The zero-order valence-corrected chi connectivity index (χ0v) is 31.0. The summed E-state index contributed by atoms with van der Waals surface area (Å²) in [4.78, 5) is 70.5. The molecule has 4 aliphatic rings. The molecule has 2 N–H and O–H groups in total. The van der Waals surface area contributed by atoms with Crippen molar-refractivity contribution in [1.82, 2.24) is 30.2 Å². The molecule has 282 valence electrons. The van der Waals surface area contributed by atoms with Crippen LogP contribution in [0.4, 0.5) is 0 Å². The minimum atomic E-state index is -1.03. The van der Waals surface area contributed by atoms with Gasteiger partial charge in [0.2, 0.25) is 17.7 Å². The standard InChI is InChI=1S/C39H54N6O7/c1-26(52-22-28-13-9-6-10-14-28)33(35(48)40-16-15-32(46)51-4)42-34(47)31-21-43(23-39(31)24-44(25-39)37(50)30-17-38(30,2)3)36(49)29-18-41-45(20-29)19-27-11-7-5-8-12-27/h5,7-8,11-12,18,20,26,28,30-31,33H,6,9-10,13-17,19,21-25H2,1-4H3,(H,40,48)(H,42,47)/t26-,30-,31+,33+/m1/s1. The van der Waals surface area contributed by atoms with Gasteiger partial charge in [-0.3, -0.25) is 28.7 Å². The van der Waals surface area contributed by atoms with E-state index in [0.717, 1.165) is 37.7 Å². The summed E-state index contributed by atoms with van der Waals surface area (Å²) in [6.45, 7) is 8.17. The van der Waals surface area contributed by atoms with E-state index in [1.54, 1.807) is 28.9 Å². The first-order valence-corrected chi connectivity index (χ1v) is 18.8. The van der Waals surface area contributed by atoms with Gasteiger partial charge in [-0.05, 0) is 43.1 Å². The second kappa shape index (κ2) is 15.8. The van der Waals surface area contributed by atoms with Crippen LogP contribution in [0, 0.1) is 28.6 Å². The molecule has 4 fully saturated rings. The lowest BCUT2D eigenvalue weighted by atomic mass is 9.70. The Morgan fingerprint density at radius 3 is 2.35 bits per heavy atom. The minimum absolute atomic E-state index is 0.00732. The number of aromatic nitrogens is 2. The highest BCUT2D eigenvalue weighted by atomic mass is 16.5. The molecular weight excluding hydrogens is 664 g/mol. The van der Waals surface area contributed by atoms with Gasteiger partial charge in [0.25, 0.3) is 5.91 Å². The molecule has 2 aliphatic carbocycles. The second-order valence-electron chi connectivity index (χ2n) is 16.1. The van der Waals surface area contributed by atoms with E-state index < -0.39 is 35.4 Å². The van der Waals surface area contributed by atoms with E-state index in [0.29, 0.717) is 44.3 Å². The number of likely N-dealkylation sites (tertiary alicyclic amines) is 2. The molecule has 2 aromatic rings. The number of hydrogen-bond donors (Lipinski definition) is 2. The zero-order chi connectivity index (χ0) is 37.0. The number of methoxy groups -OCH3 is 1. The van der Waals surface area contributed by atoms with E-state index in [9.17, 15) is 24.0 Å². The van der Waals surface area contributed by atoms with Crippen molar-refractivity contribution in [2.24, 2.45) is 28.6 Å². The Labute approximate surface area is 306 Å². The molecule has 0 radical (unpaired) electrons. The number of hydrogen-bond acceptors (Lipinski definition) is 8. The van der Waals surface area contributed by atoms with Gasteiger partial charge in [0.1, 0.15) is 6.04 Å². The molecule has 4 amide bonds. The van der Waals surface area contributed by atoms with Crippen LogP contribution in [0.2, 0.25) is 0 Å². The first-order chi connectivity index (χ1) is 24.9. The molecule has 52 heavy (non-hydrogen) atoms. The van der Waals surface area contributed by atoms with Gasteiger partial charge < -0.3 is 29.9 Å². The number of nitrogens with one attached hydrogen (secondary N) is 2. The molecule has 13 nitrogen and oxygen atoms in total. The van der Waals surface area contributed by atoms with Gasteiger partial charge in [-0.1, -0.05) is 63.4 Å². The molecule has 13 heteroatoms. The Morgan fingerprint density at radius 2 is 1.67 bits per heavy atom. The van der Waals surface area contributed by atoms with E-state index in [1.165, 1.54) is 13.5 Å². The summed E-state index contributed by atoms with van der Waals surface area (Å²) in [7, 11) is 1.29. The van der Waals surface area contributed by atoms with Crippen molar-refractivity contribution in [3.8, 4) is 0 Å². The number of carbonyl (C=O) groups excluding carboxylic acids is 5. The van der Waals surface area contributed by atoms with Crippen LogP contribution in [0.3, 0.4) is 0 Å². The molecule has 2 saturated heterocycles. The molecule has 1 spiro atoms. The van der Waals surface area contributed by atoms with Crippen molar-refractivity contribution in [2.45, 2.75) is 84.4 Å². The number of rotatable bonds is 14. The van der Waals surface area contributed by atoms with Gasteiger partial charge in [-0.2, -0.15) is 5.10 Å². The van der Waals surface area contributed by atoms with Gasteiger partial charge in [0.15, 0.2) is 0 Å². The van der Waals surface area contributed by atoms with Crippen LogP contribution in [-0.2, 0) is 35.2 Å². The first-order valence-electron chi connectivity index (χ1n) is 18.8. The summed E-state index contributed by atoms with van der Waals surface area (Å²) in [5.41, 5.74) is 0.787.